The molecule has 0 bridgehead atoms. The lowest BCUT2D eigenvalue weighted by atomic mass is 9.77. The van der Waals surface area contributed by atoms with Gasteiger partial charge in [-0.1, -0.05) is 35.5 Å². The molecule has 3 nitrogen and oxygen atoms in total. The third-order valence-electron chi connectivity index (χ3n) is 3.50. The van der Waals surface area contributed by atoms with Crippen molar-refractivity contribution in [2.75, 3.05) is 0 Å². The van der Waals surface area contributed by atoms with Crippen LogP contribution in [-0.2, 0) is 4.79 Å². The summed E-state index contributed by atoms with van der Waals surface area (Å²) in [5.41, 5.74) is -1.18. The SMILES string of the molecule is CC1=CCC(O)(C(=O)C2(O)C=CC(C)=CC2)C=C1. The van der Waals surface area contributed by atoms with Crippen LogP contribution in [0.1, 0.15) is 26.7 Å². The standard InChI is InChI=1S/C15H18O3/c1-11-3-7-14(17,8-4-11)13(16)15(18)9-5-12(2)6-10-15/h3-7,9,17-18H,8,10H2,1-2H3. The lowest BCUT2D eigenvalue weighted by Gasteiger charge is -2.33. The normalized spacial score (nSPS) is 35.1. The minimum atomic E-state index is -1.60. The molecule has 2 atom stereocenters. The van der Waals surface area contributed by atoms with E-state index in [1.807, 2.05) is 13.8 Å². The number of carbonyl (C=O) groups is 1. The van der Waals surface area contributed by atoms with Gasteiger partial charge in [-0.15, -0.1) is 0 Å². The van der Waals surface area contributed by atoms with Crippen molar-refractivity contribution in [3.63, 3.8) is 0 Å². The van der Waals surface area contributed by atoms with Crippen molar-refractivity contribution in [3.05, 3.63) is 47.6 Å². The van der Waals surface area contributed by atoms with Crippen molar-refractivity contribution in [1.82, 2.24) is 0 Å². The molecule has 0 saturated carbocycles. The summed E-state index contributed by atoms with van der Waals surface area (Å²) in [6, 6.07) is 0. The van der Waals surface area contributed by atoms with Crippen LogP contribution in [0, 0.1) is 0 Å². The third kappa shape index (κ3) is 2.24. The smallest absolute Gasteiger partial charge is 0.204 e. The van der Waals surface area contributed by atoms with Crippen LogP contribution in [0.5, 0.6) is 0 Å². The Bertz CT molecular complexity index is 452. The molecule has 0 aromatic rings. The monoisotopic (exact) mass is 246 g/mol. The zero-order chi connectivity index (χ0) is 13.4. The second-order valence-corrected chi connectivity index (χ2v) is 5.15. The van der Waals surface area contributed by atoms with E-state index < -0.39 is 17.0 Å². The van der Waals surface area contributed by atoms with Gasteiger partial charge in [0.1, 0.15) is 11.2 Å². The topological polar surface area (TPSA) is 57.5 Å². The molecule has 0 aliphatic heterocycles. The molecule has 2 rings (SSSR count). The molecule has 0 spiro atoms. The maximum atomic E-state index is 12.3. The molecule has 2 aliphatic rings. The molecule has 2 aliphatic carbocycles. The van der Waals surface area contributed by atoms with Gasteiger partial charge >= 0.3 is 0 Å². The number of rotatable bonds is 2. The van der Waals surface area contributed by atoms with Crippen molar-refractivity contribution < 1.29 is 15.0 Å². The number of carbonyl (C=O) groups excluding carboxylic acids is 1. The Hall–Kier alpha value is -1.45. The molecule has 0 fully saturated rings. The Morgan fingerprint density at radius 1 is 1.00 bits per heavy atom. The van der Waals surface area contributed by atoms with Crippen LogP contribution in [0.4, 0.5) is 0 Å². The molecular formula is C15H18O3. The zero-order valence-corrected chi connectivity index (χ0v) is 10.7. The maximum absolute atomic E-state index is 12.3. The first-order valence-electron chi connectivity index (χ1n) is 6.07. The van der Waals surface area contributed by atoms with Gasteiger partial charge in [0.05, 0.1) is 0 Å². The molecule has 2 unspecified atom stereocenters. The number of ketones is 1. The second kappa shape index (κ2) is 4.34. The largest absolute Gasteiger partial charge is 0.377 e. The van der Waals surface area contributed by atoms with Crippen LogP contribution in [0.15, 0.2) is 47.6 Å². The molecule has 18 heavy (non-hydrogen) atoms. The van der Waals surface area contributed by atoms with Crippen LogP contribution in [0.2, 0.25) is 0 Å². The molecule has 0 radical (unpaired) electrons. The average Bonchev–Trinajstić information content (AvgIpc) is 2.36. The van der Waals surface area contributed by atoms with Gasteiger partial charge in [-0.05, 0) is 26.0 Å². The summed E-state index contributed by atoms with van der Waals surface area (Å²) < 4.78 is 0. The fraction of sp³-hybridized carbons (Fsp3) is 0.400. The van der Waals surface area contributed by atoms with Gasteiger partial charge in [-0.2, -0.15) is 0 Å². The fourth-order valence-electron chi connectivity index (χ4n) is 2.16. The first-order chi connectivity index (χ1) is 8.36. The van der Waals surface area contributed by atoms with E-state index >= 15 is 0 Å². The highest BCUT2D eigenvalue weighted by Gasteiger charge is 2.45. The van der Waals surface area contributed by atoms with Gasteiger partial charge in [0.25, 0.3) is 0 Å². The molecule has 2 N–H and O–H groups in total. The highest BCUT2D eigenvalue weighted by molar-refractivity contribution is 5.98. The van der Waals surface area contributed by atoms with Gasteiger partial charge in [-0.25, -0.2) is 0 Å². The zero-order valence-electron chi connectivity index (χ0n) is 10.7. The van der Waals surface area contributed by atoms with E-state index in [9.17, 15) is 15.0 Å². The predicted molar refractivity (Wildman–Crippen MR) is 69.9 cm³/mol. The average molecular weight is 246 g/mol. The summed E-state index contributed by atoms with van der Waals surface area (Å²) in [5.74, 6) is -0.560. The number of Topliss-reactive ketones (excluding diaryl/α,β-unsaturated/α-hetero) is 1. The predicted octanol–water partition coefficient (Wildman–Crippen LogP) is 1.83. The Morgan fingerprint density at radius 2 is 1.39 bits per heavy atom. The molecule has 0 aromatic carbocycles. The van der Waals surface area contributed by atoms with Crippen LogP contribution in [0.25, 0.3) is 0 Å². The molecule has 3 heteroatoms. The van der Waals surface area contributed by atoms with Crippen molar-refractivity contribution in [3.8, 4) is 0 Å². The maximum Gasteiger partial charge on any atom is 0.204 e. The van der Waals surface area contributed by atoms with Crippen LogP contribution in [0.3, 0.4) is 0 Å². The number of allylic oxidation sites excluding steroid dienone is 4. The minimum Gasteiger partial charge on any atom is -0.377 e. The summed E-state index contributed by atoms with van der Waals surface area (Å²) in [5, 5.41) is 20.7. The fourth-order valence-corrected chi connectivity index (χ4v) is 2.16. The summed E-state index contributed by atoms with van der Waals surface area (Å²) in [6.07, 6.45) is 10.4. The number of hydrogen-bond donors (Lipinski definition) is 2. The number of aliphatic hydroxyl groups is 2. The van der Waals surface area contributed by atoms with E-state index in [-0.39, 0.29) is 12.8 Å². The summed E-state index contributed by atoms with van der Waals surface area (Å²) >= 11 is 0. The Kier molecular flexibility index (Phi) is 3.13. The number of hydrogen-bond acceptors (Lipinski definition) is 3. The lowest BCUT2D eigenvalue weighted by Crippen LogP contribution is -2.51. The molecule has 0 saturated heterocycles. The van der Waals surface area contributed by atoms with Gasteiger partial charge in [-0.3, -0.25) is 4.79 Å². The van der Waals surface area contributed by atoms with Gasteiger partial charge in [0, 0.05) is 12.8 Å². The molecule has 0 heterocycles. The van der Waals surface area contributed by atoms with E-state index in [0.29, 0.717) is 0 Å². The van der Waals surface area contributed by atoms with E-state index in [0.717, 1.165) is 11.1 Å². The first kappa shape index (κ1) is 13.0. The lowest BCUT2D eigenvalue weighted by molar-refractivity contribution is -0.147. The molecular weight excluding hydrogens is 228 g/mol. The van der Waals surface area contributed by atoms with E-state index in [2.05, 4.69) is 0 Å². The Morgan fingerprint density at radius 3 is 1.67 bits per heavy atom. The third-order valence-corrected chi connectivity index (χ3v) is 3.50. The molecule has 0 amide bonds. The van der Waals surface area contributed by atoms with E-state index in [1.54, 1.807) is 24.3 Å². The van der Waals surface area contributed by atoms with Gasteiger partial charge in [0.15, 0.2) is 0 Å². The Labute approximate surface area is 107 Å². The van der Waals surface area contributed by atoms with Gasteiger partial charge < -0.3 is 10.2 Å². The minimum absolute atomic E-state index is 0.215. The molecule has 96 valence electrons. The van der Waals surface area contributed by atoms with Crippen molar-refractivity contribution in [1.29, 1.82) is 0 Å². The Balaban J connectivity index is 2.23. The van der Waals surface area contributed by atoms with E-state index in [4.69, 9.17) is 0 Å². The summed E-state index contributed by atoms with van der Waals surface area (Å²) in [4.78, 5) is 12.3. The highest BCUT2D eigenvalue weighted by Crippen LogP contribution is 2.31. The summed E-state index contributed by atoms with van der Waals surface area (Å²) in [6.45, 7) is 3.81. The summed E-state index contributed by atoms with van der Waals surface area (Å²) in [7, 11) is 0. The highest BCUT2D eigenvalue weighted by atomic mass is 16.3. The second-order valence-electron chi connectivity index (χ2n) is 5.15. The van der Waals surface area contributed by atoms with Crippen molar-refractivity contribution in [2.24, 2.45) is 0 Å². The molecule has 0 aromatic heterocycles. The van der Waals surface area contributed by atoms with Crippen LogP contribution < -0.4 is 0 Å². The van der Waals surface area contributed by atoms with Gasteiger partial charge in [0.2, 0.25) is 5.78 Å². The quantitative estimate of drug-likeness (QED) is 0.781. The van der Waals surface area contributed by atoms with Crippen molar-refractivity contribution in [2.45, 2.75) is 37.9 Å². The van der Waals surface area contributed by atoms with Crippen LogP contribution in [-0.4, -0.2) is 27.2 Å². The van der Waals surface area contributed by atoms with Crippen LogP contribution >= 0.6 is 0 Å². The van der Waals surface area contributed by atoms with E-state index in [1.165, 1.54) is 12.2 Å². The van der Waals surface area contributed by atoms with Crippen molar-refractivity contribution >= 4 is 5.78 Å². The first-order valence-corrected chi connectivity index (χ1v) is 6.07.